The Hall–Kier alpha value is -2.05. The van der Waals surface area contributed by atoms with Crippen LogP contribution in [0.25, 0.3) is 0 Å². The minimum absolute atomic E-state index is 0.317. The number of ether oxygens (including phenoxy) is 1. The lowest BCUT2D eigenvalue weighted by molar-refractivity contribution is -0.124. The number of amides is 1. The van der Waals surface area contributed by atoms with Gasteiger partial charge < -0.3 is 10.1 Å². The largest absolute Gasteiger partial charge is 0.452 e. The van der Waals surface area contributed by atoms with Crippen LogP contribution in [-0.2, 0) is 16.0 Å². The number of rotatable bonds is 7. The van der Waals surface area contributed by atoms with E-state index in [2.05, 4.69) is 10.3 Å². The second-order valence-corrected chi connectivity index (χ2v) is 6.09. The molecule has 5 nitrogen and oxygen atoms in total. The summed E-state index contributed by atoms with van der Waals surface area (Å²) in [6, 6.07) is 10.7. The molecule has 0 saturated heterocycles. The van der Waals surface area contributed by atoms with Crippen LogP contribution in [0.15, 0.2) is 47.6 Å². The molecule has 0 saturated carbocycles. The van der Waals surface area contributed by atoms with E-state index in [1.54, 1.807) is 30.5 Å². The number of aromatic nitrogens is 1. The molecule has 0 aliphatic heterocycles. The molecule has 126 valence electrons. The van der Waals surface area contributed by atoms with Gasteiger partial charge in [-0.3, -0.25) is 4.79 Å². The Kier molecular flexibility index (Phi) is 7.08. The van der Waals surface area contributed by atoms with Gasteiger partial charge in [-0.05, 0) is 42.5 Å². The highest BCUT2D eigenvalue weighted by molar-refractivity contribution is 7.98. The number of hydrogen-bond donors (Lipinski definition) is 1. The number of esters is 1. The van der Waals surface area contributed by atoms with Crippen molar-refractivity contribution >= 4 is 35.2 Å². The number of carbonyl (C=O) groups is 2. The van der Waals surface area contributed by atoms with Crippen molar-refractivity contribution in [2.24, 2.45) is 0 Å². The Morgan fingerprint density at radius 3 is 2.71 bits per heavy atom. The molecule has 0 atom stereocenters. The second kappa shape index (κ2) is 9.30. The number of nitrogens with one attached hydrogen (secondary N) is 1. The summed E-state index contributed by atoms with van der Waals surface area (Å²) in [5.74, 6) is -0.896. The van der Waals surface area contributed by atoms with E-state index < -0.39 is 5.97 Å². The zero-order chi connectivity index (χ0) is 17.4. The van der Waals surface area contributed by atoms with Crippen LogP contribution in [0.3, 0.4) is 0 Å². The maximum Gasteiger partial charge on any atom is 0.341 e. The quantitative estimate of drug-likeness (QED) is 0.604. The number of thioether (sulfide) groups is 1. The van der Waals surface area contributed by atoms with Gasteiger partial charge in [-0.2, -0.15) is 0 Å². The standard InChI is InChI=1S/C17H17ClN2O3S/c1-24-16-14(3-2-9-20-16)17(22)23-11-15(21)19-10-8-12-4-6-13(18)7-5-12/h2-7,9H,8,10-11H2,1H3,(H,19,21). The molecule has 24 heavy (non-hydrogen) atoms. The lowest BCUT2D eigenvalue weighted by atomic mass is 10.1. The summed E-state index contributed by atoms with van der Waals surface area (Å²) in [5.41, 5.74) is 1.43. The number of halogens is 1. The van der Waals surface area contributed by atoms with Gasteiger partial charge in [0.15, 0.2) is 6.61 Å². The molecule has 0 spiro atoms. The number of hydrogen-bond acceptors (Lipinski definition) is 5. The zero-order valence-electron chi connectivity index (χ0n) is 13.1. The highest BCUT2D eigenvalue weighted by Crippen LogP contribution is 2.17. The molecule has 0 bridgehead atoms. The van der Waals surface area contributed by atoms with Gasteiger partial charge in [-0.15, -0.1) is 11.8 Å². The Labute approximate surface area is 149 Å². The van der Waals surface area contributed by atoms with Crippen LogP contribution in [0.4, 0.5) is 0 Å². The molecule has 0 radical (unpaired) electrons. The third-order valence-corrected chi connectivity index (χ3v) is 4.13. The fraction of sp³-hybridized carbons (Fsp3) is 0.235. The highest BCUT2D eigenvalue weighted by Gasteiger charge is 2.14. The van der Waals surface area contributed by atoms with Crippen LogP contribution in [0, 0.1) is 0 Å². The second-order valence-electron chi connectivity index (χ2n) is 4.86. The first-order chi connectivity index (χ1) is 11.6. The summed E-state index contributed by atoms with van der Waals surface area (Å²) in [6.07, 6.45) is 4.10. The minimum Gasteiger partial charge on any atom is -0.452 e. The fourth-order valence-electron chi connectivity index (χ4n) is 1.97. The Morgan fingerprint density at radius 2 is 2.00 bits per heavy atom. The molecule has 0 fully saturated rings. The molecule has 0 aliphatic carbocycles. The maximum atomic E-state index is 12.0. The molecule has 1 amide bonds. The van der Waals surface area contributed by atoms with E-state index in [4.69, 9.17) is 16.3 Å². The van der Waals surface area contributed by atoms with E-state index in [0.29, 0.717) is 28.6 Å². The maximum absolute atomic E-state index is 12.0. The summed E-state index contributed by atoms with van der Waals surface area (Å²) in [4.78, 5) is 27.8. The third kappa shape index (κ3) is 5.54. The van der Waals surface area contributed by atoms with Crippen molar-refractivity contribution in [1.29, 1.82) is 0 Å². The Morgan fingerprint density at radius 1 is 1.25 bits per heavy atom. The van der Waals surface area contributed by atoms with Gasteiger partial charge in [0, 0.05) is 17.8 Å². The number of nitrogens with zero attached hydrogens (tertiary/aromatic N) is 1. The van der Waals surface area contributed by atoms with Crippen molar-refractivity contribution in [3.05, 3.63) is 58.7 Å². The van der Waals surface area contributed by atoms with Crippen LogP contribution >= 0.6 is 23.4 Å². The Bertz CT molecular complexity index is 707. The number of carbonyl (C=O) groups excluding carboxylic acids is 2. The highest BCUT2D eigenvalue weighted by atomic mass is 35.5. The van der Waals surface area contributed by atoms with Gasteiger partial charge >= 0.3 is 5.97 Å². The molecule has 2 aromatic rings. The van der Waals surface area contributed by atoms with Crippen molar-refractivity contribution in [2.45, 2.75) is 11.4 Å². The fourth-order valence-corrected chi connectivity index (χ4v) is 2.63. The van der Waals surface area contributed by atoms with E-state index in [9.17, 15) is 9.59 Å². The van der Waals surface area contributed by atoms with Crippen molar-refractivity contribution in [3.63, 3.8) is 0 Å². The molecule has 1 aromatic heterocycles. The third-order valence-electron chi connectivity index (χ3n) is 3.17. The molecular weight excluding hydrogens is 348 g/mol. The van der Waals surface area contributed by atoms with Crippen LogP contribution < -0.4 is 5.32 Å². The van der Waals surface area contributed by atoms with E-state index in [1.165, 1.54) is 11.8 Å². The van der Waals surface area contributed by atoms with Crippen LogP contribution in [-0.4, -0.2) is 36.3 Å². The molecule has 0 unspecified atom stereocenters. The molecule has 1 aromatic carbocycles. The van der Waals surface area contributed by atoms with Crippen LogP contribution in [0.5, 0.6) is 0 Å². The summed E-state index contributed by atoms with van der Waals surface area (Å²) in [6.45, 7) is 0.142. The summed E-state index contributed by atoms with van der Waals surface area (Å²) in [7, 11) is 0. The minimum atomic E-state index is -0.555. The topological polar surface area (TPSA) is 68.3 Å². The van der Waals surface area contributed by atoms with E-state index in [-0.39, 0.29) is 12.5 Å². The van der Waals surface area contributed by atoms with Gasteiger partial charge in [-0.1, -0.05) is 23.7 Å². The lowest BCUT2D eigenvalue weighted by Gasteiger charge is -2.08. The van der Waals surface area contributed by atoms with Gasteiger partial charge in [-0.25, -0.2) is 9.78 Å². The SMILES string of the molecule is CSc1ncccc1C(=O)OCC(=O)NCCc1ccc(Cl)cc1. The van der Waals surface area contributed by atoms with Crippen molar-refractivity contribution in [1.82, 2.24) is 10.3 Å². The molecule has 2 rings (SSSR count). The zero-order valence-corrected chi connectivity index (χ0v) is 14.7. The molecule has 7 heteroatoms. The lowest BCUT2D eigenvalue weighted by Crippen LogP contribution is -2.30. The normalized spacial score (nSPS) is 10.2. The summed E-state index contributed by atoms with van der Waals surface area (Å²) < 4.78 is 5.03. The van der Waals surface area contributed by atoms with E-state index in [1.807, 2.05) is 18.4 Å². The Balaban J connectivity index is 1.74. The van der Waals surface area contributed by atoms with E-state index >= 15 is 0 Å². The molecule has 1 heterocycles. The van der Waals surface area contributed by atoms with Crippen LogP contribution in [0.1, 0.15) is 15.9 Å². The van der Waals surface area contributed by atoms with Crippen LogP contribution in [0.2, 0.25) is 5.02 Å². The predicted octanol–water partition coefficient (Wildman–Crippen LogP) is 2.97. The average Bonchev–Trinajstić information content (AvgIpc) is 2.61. The van der Waals surface area contributed by atoms with Crippen molar-refractivity contribution in [2.75, 3.05) is 19.4 Å². The molecular formula is C17H17ClN2O3S. The smallest absolute Gasteiger partial charge is 0.341 e. The number of pyridine rings is 1. The summed E-state index contributed by atoms with van der Waals surface area (Å²) >= 11 is 7.16. The first-order valence-corrected chi connectivity index (χ1v) is 8.87. The van der Waals surface area contributed by atoms with Gasteiger partial charge in [0.1, 0.15) is 5.03 Å². The molecule has 0 aliphatic rings. The van der Waals surface area contributed by atoms with Crippen molar-refractivity contribution in [3.8, 4) is 0 Å². The average molecular weight is 365 g/mol. The predicted molar refractivity (Wildman–Crippen MR) is 94.5 cm³/mol. The number of benzene rings is 1. The first kappa shape index (κ1) is 18.3. The first-order valence-electron chi connectivity index (χ1n) is 7.27. The van der Waals surface area contributed by atoms with Crippen molar-refractivity contribution < 1.29 is 14.3 Å². The monoisotopic (exact) mass is 364 g/mol. The van der Waals surface area contributed by atoms with Gasteiger partial charge in [0.25, 0.3) is 5.91 Å². The van der Waals surface area contributed by atoms with Gasteiger partial charge in [0.2, 0.25) is 0 Å². The summed E-state index contributed by atoms with van der Waals surface area (Å²) in [5, 5.41) is 3.96. The van der Waals surface area contributed by atoms with Gasteiger partial charge in [0.05, 0.1) is 5.56 Å². The molecule has 1 N–H and O–H groups in total. The van der Waals surface area contributed by atoms with E-state index in [0.717, 1.165) is 5.56 Å².